The molecule has 0 bridgehead atoms. The van der Waals surface area contributed by atoms with Crippen LogP contribution in [0.1, 0.15) is 265 Å². The van der Waals surface area contributed by atoms with Crippen LogP contribution in [0.5, 0.6) is 0 Å². The first-order chi connectivity index (χ1) is 33.0. The predicted octanol–water partition coefficient (Wildman–Crippen LogP) is 18.8. The summed E-state index contributed by atoms with van der Waals surface area (Å²) in [5, 5.41) is 0. The van der Waals surface area contributed by atoms with E-state index in [1.165, 1.54) is 116 Å². The first-order valence-electron chi connectivity index (χ1n) is 28.1. The number of carbonyl (C=O) groups is 3. The lowest BCUT2D eigenvalue weighted by Gasteiger charge is -2.18. The van der Waals surface area contributed by atoms with Crippen molar-refractivity contribution in [2.24, 2.45) is 0 Å². The lowest BCUT2D eigenvalue weighted by molar-refractivity contribution is -0.167. The minimum absolute atomic E-state index is 0.0926. The predicted molar refractivity (Wildman–Crippen MR) is 288 cm³/mol. The van der Waals surface area contributed by atoms with Gasteiger partial charge in [0.1, 0.15) is 13.2 Å². The first-order valence-corrected chi connectivity index (χ1v) is 28.1. The zero-order chi connectivity index (χ0) is 48.6. The van der Waals surface area contributed by atoms with Crippen LogP contribution in [0.3, 0.4) is 0 Å². The van der Waals surface area contributed by atoms with Gasteiger partial charge in [0.25, 0.3) is 0 Å². The summed E-state index contributed by atoms with van der Waals surface area (Å²) in [6.45, 7) is 6.48. The van der Waals surface area contributed by atoms with Crippen molar-refractivity contribution in [2.75, 3.05) is 13.2 Å². The summed E-state index contributed by atoms with van der Waals surface area (Å²) in [4.78, 5) is 38.1. The molecule has 0 aliphatic rings. The summed E-state index contributed by atoms with van der Waals surface area (Å²) in [5.41, 5.74) is 0. The van der Waals surface area contributed by atoms with Crippen molar-refractivity contribution in [1.29, 1.82) is 0 Å². The van der Waals surface area contributed by atoms with E-state index in [9.17, 15) is 14.4 Å². The van der Waals surface area contributed by atoms with Crippen molar-refractivity contribution in [2.45, 2.75) is 271 Å². The van der Waals surface area contributed by atoms with Crippen LogP contribution < -0.4 is 0 Å². The van der Waals surface area contributed by atoms with Gasteiger partial charge in [0.15, 0.2) is 6.10 Å². The average molecular weight is 933 g/mol. The van der Waals surface area contributed by atoms with Gasteiger partial charge in [-0.25, -0.2) is 0 Å². The highest BCUT2D eigenvalue weighted by Gasteiger charge is 2.19. The first kappa shape index (κ1) is 63.6. The fourth-order valence-corrected chi connectivity index (χ4v) is 7.63. The quantitative estimate of drug-likeness (QED) is 0.0262. The molecule has 384 valence electrons. The van der Waals surface area contributed by atoms with E-state index in [0.717, 1.165) is 109 Å². The van der Waals surface area contributed by atoms with E-state index in [0.29, 0.717) is 19.3 Å². The molecule has 0 aliphatic carbocycles. The van der Waals surface area contributed by atoms with Gasteiger partial charge in [-0.1, -0.05) is 215 Å². The minimum Gasteiger partial charge on any atom is -0.462 e. The molecular formula is C61H104O6. The SMILES string of the molecule is CC/C=C\C/C=C\C/C=C\C/C=C\C/C=C\CCCCCC(=O)OC[C@H](COC(=O)CCCCCCCCC/C=C\CCCCCC)OC(=O)CCCCCCC/C=C\CCCCCCCC. The highest BCUT2D eigenvalue weighted by Crippen LogP contribution is 2.14. The van der Waals surface area contributed by atoms with Gasteiger partial charge in [0.2, 0.25) is 0 Å². The second kappa shape index (κ2) is 55.2. The van der Waals surface area contributed by atoms with Gasteiger partial charge in [-0.05, 0) is 116 Å². The van der Waals surface area contributed by atoms with Crippen molar-refractivity contribution in [1.82, 2.24) is 0 Å². The molecule has 0 saturated carbocycles. The van der Waals surface area contributed by atoms with Gasteiger partial charge in [-0.2, -0.15) is 0 Å². The maximum absolute atomic E-state index is 12.8. The Morgan fingerprint density at radius 2 is 0.582 bits per heavy atom. The maximum atomic E-state index is 12.8. The van der Waals surface area contributed by atoms with Crippen molar-refractivity contribution >= 4 is 17.9 Å². The Morgan fingerprint density at radius 1 is 0.313 bits per heavy atom. The zero-order valence-corrected chi connectivity index (χ0v) is 43.9. The summed E-state index contributed by atoms with van der Waals surface area (Å²) in [6.07, 6.45) is 71.4. The molecule has 67 heavy (non-hydrogen) atoms. The molecule has 0 aromatic rings. The van der Waals surface area contributed by atoms with E-state index in [1.807, 2.05) is 0 Å². The van der Waals surface area contributed by atoms with E-state index in [4.69, 9.17) is 14.2 Å². The van der Waals surface area contributed by atoms with Gasteiger partial charge in [-0.15, -0.1) is 0 Å². The van der Waals surface area contributed by atoms with E-state index in [2.05, 4.69) is 106 Å². The number of carbonyl (C=O) groups excluding carboxylic acids is 3. The molecule has 6 nitrogen and oxygen atoms in total. The number of unbranched alkanes of at least 4 members (excludes halogenated alkanes) is 25. The number of esters is 3. The number of hydrogen-bond donors (Lipinski definition) is 0. The Bertz CT molecular complexity index is 1300. The number of rotatable bonds is 50. The molecule has 0 amide bonds. The molecule has 0 saturated heterocycles. The number of hydrogen-bond acceptors (Lipinski definition) is 6. The highest BCUT2D eigenvalue weighted by molar-refractivity contribution is 5.71. The molecule has 1 atom stereocenters. The third-order valence-electron chi connectivity index (χ3n) is 11.9. The van der Waals surface area contributed by atoms with Gasteiger partial charge in [0, 0.05) is 19.3 Å². The van der Waals surface area contributed by atoms with Gasteiger partial charge in [0.05, 0.1) is 0 Å². The average Bonchev–Trinajstić information content (AvgIpc) is 3.33. The third-order valence-corrected chi connectivity index (χ3v) is 11.9. The molecule has 0 unspecified atom stereocenters. The third kappa shape index (κ3) is 53.4. The smallest absolute Gasteiger partial charge is 0.306 e. The second-order valence-corrected chi connectivity index (χ2v) is 18.5. The van der Waals surface area contributed by atoms with Crippen LogP contribution in [0.2, 0.25) is 0 Å². The molecule has 0 radical (unpaired) electrons. The molecular weight excluding hydrogens is 829 g/mol. The lowest BCUT2D eigenvalue weighted by Crippen LogP contribution is -2.30. The molecule has 0 spiro atoms. The second-order valence-electron chi connectivity index (χ2n) is 18.5. The summed E-state index contributed by atoms with van der Waals surface area (Å²) >= 11 is 0. The fourth-order valence-electron chi connectivity index (χ4n) is 7.63. The minimum atomic E-state index is -0.797. The molecule has 0 aliphatic heterocycles. The Morgan fingerprint density at radius 3 is 0.955 bits per heavy atom. The van der Waals surface area contributed by atoms with Crippen molar-refractivity contribution in [3.8, 4) is 0 Å². The van der Waals surface area contributed by atoms with E-state index in [-0.39, 0.29) is 31.1 Å². The Hall–Kier alpha value is -3.41. The summed E-state index contributed by atoms with van der Waals surface area (Å²) in [6, 6.07) is 0. The van der Waals surface area contributed by atoms with Gasteiger partial charge < -0.3 is 14.2 Å². The highest BCUT2D eigenvalue weighted by atomic mass is 16.6. The standard InChI is InChI=1S/C61H104O6/c1-4-7-10-13-16-19-22-25-28-29-30-31-34-36-39-42-45-48-51-54-60(63)66-57-58(67-61(64)55-52-49-46-43-40-37-33-27-24-21-18-15-12-9-6-3)56-65-59(62)53-50-47-44-41-38-35-32-26-23-20-17-14-11-8-5-2/h7,10,16,19-20,23,25,27-28,30-31,33,36,39,58H,4-6,8-9,11-15,17-18,21-22,24,26,29,32,34-35,37-38,40-57H2,1-3H3/b10-7-,19-16-,23-20-,28-25-,31-30-,33-27-,39-36-/t58-/m0/s1. The molecule has 0 aromatic heterocycles. The Labute approximate surface area is 414 Å². The number of allylic oxidation sites excluding steroid dienone is 14. The molecule has 0 fully saturated rings. The fraction of sp³-hybridized carbons (Fsp3) is 0.721. The van der Waals surface area contributed by atoms with Crippen LogP contribution in [0.4, 0.5) is 0 Å². The van der Waals surface area contributed by atoms with Gasteiger partial charge >= 0.3 is 17.9 Å². The topological polar surface area (TPSA) is 78.9 Å². The Kier molecular flexibility index (Phi) is 52.4. The van der Waals surface area contributed by atoms with Crippen LogP contribution in [0.25, 0.3) is 0 Å². The van der Waals surface area contributed by atoms with Crippen molar-refractivity contribution < 1.29 is 28.6 Å². The summed E-state index contributed by atoms with van der Waals surface area (Å²) in [5.74, 6) is -0.935. The molecule has 0 aromatic carbocycles. The molecule has 0 N–H and O–H groups in total. The van der Waals surface area contributed by atoms with Crippen molar-refractivity contribution in [3.05, 3.63) is 85.1 Å². The summed E-state index contributed by atoms with van der Waals surface area (Å²) < 4.78 is 16.8. The van der Waals surface area contributed by atoms with E-state index >= 15 is 0 Å². The van der Waals surface area contributed by atoms with Crippen LogP contribution in [-0.4, -0.2) is 37.2 Å². The summed E-state index contributed by atoms with van der Waals surface area (Å²) in [7, 11) is 0. The zero-order valence-electron chi connectivity index (χ0n) is 43.9. The van der Waals surface area contributed by atoms with E-state index in [1.54, 1.807) is 0 Å². The largest absolute Gasteiger partial charge is 0.462 e. The van der Waals surface area contributed by atoms with Crippen LogP contribution >= 0.6 is 0 Å². The van der Waals surface area contributed by atoms with E-state index < -0.39 is 6.10 Å². The normalized spacial score (nSPS) is 12.7. The van der Waals surface area contributed by atoms with Crippen LogP contribution in [0, 0.1) is 0 Å². The lowest BCUT2D eigenvalue weighted by atomic mass is 10.1. The molecule has 0 heterocycles. The van der Waals surface area contributed by atoms with Crippen LogP contribution in [-0.2, 0) is 28.6 Å². The van der Waals surface area contributed by atoms with Gasteiger partial charge in [-0.3, -0.25) is 14.4 Å². The van der Waals surface area contributed by atoms with Crippen LogP contribution in [0.15, 0.2) is 85.1 Å². The Balaban J connectivity index is 4.46. The molecule has 6 heteroatoms. The maximum Gasteiger partial charge on any atom is 0.306 e. The number of ether oxygens (including phenoxy) is 3. The monoisotopic (exact) mass is 933 g/mol. The molecule has 0 rings (SSSR count). The van der Waals surface area contributed by atoms with Crippen molar-refractivity contribution in [3.63, 3.8) is 0 Å².